The molecule has 0 saturated heterocycles. The van der Waals surface area contributed by atoms with Gasteiger partial charge in [-0.25, -0.2) is 13.8 Å². The summed E-state index contributed by atoms with van der Waals surface area (Å²) in [5.74, 6) is -2.95. The van der Waals surface area contributed by atoms with E-state index in [4.69, 9.17) is 9.47 Å². The first-order valence-corrected chi connectivity index (χ1v) is 10.9. The standard InChI is InChI=1S/C25H29F2NO4/c1-4-32-23(30)14-11-19(29)15-21(17-7-9-18(10-8-17)25(2,26)27)22-13-12-20(16-5-6-16)24(28-22)31-3/h7-10,12-13,16,21H,4-6,11,14-15H2,1-3H3/t21-/m1/s1. The molecule has 1 aromatic heterocycles. The molecular formula is C25H29F2NO4. The van der Waals surface area contributed by atoms with Gasteiger partial charge in [-0.2, -0.15) is 0 Å². The maximum atomic E-state index is 13.7. The van der Waals surface area contributed by atoms with Gasteiger partial charge in [-0.15, -0.1) is 0 Å². The zero-order chi connectivity index (χ0) is 23.3. The van der Waals surface area contributed by atoms with Gasteiger partial charge in [0.1, 0.15) is 5.78 Å². The summed E-state index contributed by atoms with van der Waals surface area (Å²) in [7, 11) is 1.57. The smallest absolute Gasteiger partial charge is 0.306 e. The van der Waals surface area contributed by atoms with Crippen LogP contribution in [0.15, 0.2) is 36.4 Å². The number of benzene rings is 1. The van der Waals surface area contributed by atoms with E-state index in [0.717, 1.165) is 25.3 Å². The van der Waals surface area contributed by atoms with Crippen LogP contribution in [-0.4, -0.2) is 30.5 Å². The van der Waals surface area contributed by atoms with Gasteiger partial charge in [0.05, 0.1) is 25.8 Å². The van der Waals surface area contributed by atoms with E-state index in [1.54, 1.807) is 26.2 Å². The van der Waals surface area contributed by atoms with Gasteiger partial charge in [0.15, 0.2) is 0 Å². The third-order valence-corrected chi connectivity index (χ3v) is 5.64. The zero-order valence-corrected chi connectivity index (χ0v) is 18.7. The molecule has 2 aromatic rings. The molecule has 1 aliphatic rings. The molecule has 0 aliphatic heterocycles. The fraction of sp³-hybridized carbons (Fsp3) is 0.480. The van der Waals surface area contributed by atoms with E-state index in [9.17, 15) is 18.4 Å². The van der Waals surface area contributed by atoms with Crippen molar-refractivity contribution in [2.24, 2.45) is 0 Å². The van der Waals surface area contributed by atoms with Gasteiger partial charge in [0.2, 0.25) is 5.88 Å². The molecule has 0 N–H and O–H groups in total. The van der Waals surface area contributed by atoms with Crippen molar-refractivity contribution in [3.05, 3.63) is 58.8 Å². The van der Waals surface area contributed by atoms with Crippen LogP contribution in [0.1, 0.15) is 80.2 Å². The van der Waals surface area contributed by atoms with Crippen LogP contribution in [0.3, 0.4) is 0 Å². The molecule has 3 rings (SSSR count). The fourth-order valence-corrected chi connectivity index (χ4v) is 3.73. The van der Waals surface area contributed by atoms with Crippen molar-refractivity contribution >= 4 is 11.8 Å². The molecule has 32 heavy (non-hydrogen) atoms. The topological polar surface area (TPSA) is 65.5 Å². The number of halogens is 2. The van der Waals surface area contributed by atoms with Gasteiger partial charge < -0.3 is 9.47 Å². The molecule has 1 atom stereocenters. The van der Waals surface area contributed by atoms with Crippen molar-refractivity contribution in [2.75, 3.05) is 13.7 Å². The molecule has 1 aromatic carbocycles. The first kappa shape index (κ1) is 23.8. The van der Waals surface area contributed by atoms with Gasteiger partial charge in [0.25, 0.3) is 5.92 Å². The number of alkyl halides is 2. The molecule has 0 radical (unpaired) electrons. The molecule has 0 spiro atoms. The second-order valence-electron chi connectivity index (χ2n) is 8.22. The van der Waals surface area contributed by atoms with E-state index in [0.29, 0.717) is 23.1 Å². The summed E-state index contributed by atoms with van der Waals surface area (Å²) in [6.45, 7) is 2.83. The second kappa shape index (κ2) is 10.2. The number of aromatic nitrogens is 1. The van der Waals surface area contributed by atoms with Crippen LogP contribution in [0.5, 0.6) is 5.88 Å². The Kier molecular flexibility index (Phi) is 7.59. The van der Waals surface area contributed by atoms with Crippen molar-refractivity contribution in [2.45, 2.75) is 63.7 Å². The maximum absolute atomic E-state index is 13.7. The molecule has 5 nitrogen and oxygen atoms in total. The zero-order valence-electron chi connectivity index (χ0n) is 18.7. The number of carbonyl (C=O) groups excluding carboxylic acids is 2. The highest BCUT2D eigenvalue weighted by Crippen LogP contribution is 2.44. The van der Waals surface area contributed by atoms with Crippen LogP contribution in [0.25, 0.3) is 0 Å². The van der Waals surface area contributed by atoms with Crippen molar-refractivity contribution in [1.29, 1.82) is 0 Å². The molecule has 1 aliphatic carbocycles. The summed E-state index contributed by atoms with van der Waals surface area (Å²) < 4.78 is 37.7. The number of hydrogen-bond donors (Lipinski definition) is 0. The van der Waals surface area contributed by atoms with E-state index in [1.807, 2.05) is 12.1 Å². The number of esters is 1. The molecule has 0 amide bonds. The van der Waals surface area contributed by atoms with Gasteiger partial charge >= 0.3 is 5.97 Å². The minimum absolute atomic E-state index is 0.0117. The first-order valence-electron chi connectivity index (χ1n) is 10.9. The van der Waals surface area contributed by atoms with E-state index in [2.05, 4.69) is 4.98 Å². The van der Waals surface area contributed by atoms with E-state index < -0.39 is 17.8 Å². The quantitative estimate of drug-likeness (QED) is 0.427. The number of carbonyl (C=O) groups is 2. The highest BCUT2D eigenvalue weighted by molar-refractivity contribution is 5.83. The van der Waals surface area contributed by atoms with Crippen LogP contribution in [0.4, 0.5) is 8.78 Å². The van der Waals surface area contributed by atoms with Gasteiger partial charge in [-0.3, -0.25) is 9.59 Å². The SMILES string of the molecule is CCOC(=O)CCC(=O)C[C@H](c1ccc(C(C)(F)F)cc1)c1ccc(C2CC2)c(OC)n1. The summed E-state index contributed by atoms with van der Waals surface area (Å²) in [6, 6.07) is 9.83. The van der Waals surface area contributed by atoms with E-state index >= 15 is 0 Å². The number of hydrogen-bond acceptors (Lipinski definition) is 5. The molecule has 1 heterocycles. The lowest BCUT2D eigenvalue weighted by Crippen LogP contribution is -2.14. The Hall–Kier alpha value is -2.83. The lowest BCUT2D eigenvalue weighted by molar-refractivity contribution is -0.144. The highest BCUT2D eigenvalue weighted by Gasteiger charge is 2.30. The Bertz CT molecular complexity index is 949. The van der Waals surface area contributed by atoms with Crippen LogP contribution in [-0.2, 0) is 20.2 Å². The third kappa shape index (κ3) is 6.11. The maximum Gasteiger partial charge on any atom is 0.306 e. The number of methoxy groups -OCH3 is 1. The number of ether oxygens (including phenoxy) is 2. The largest absolute Gasteiger partial charge is 0.481 e. The fourth-order valence-electron chi connectivity index (χ4n) is 3.73. The summed E-state index contributed by atoms with van der Waals surface area (Å²) in [5.41, 5.74) is 2.29. The molecule has 0 bridgehead atoms. The molecule has 172 valence electrons. The van der Waals surface area contributed by atoms with Crippen LogP contribution in [0.2, 0.25) is 0 Å². The van der Waals surface area contributed by atoms with Crippen molar-refractivity contribution in [3.63, 3.8) is 0 Å². The van der Waals surface area contributed by atoms with E-state index in [1.165, 1.54) is 12.1 Å². The Morgan fingerprint density at radius 1 is 1.12 bits per heavy atom. The minimum Gasteiger partial charge on any atom is -0.481 e. The monoisotopic (exact) mass is 445 g/mol. The number of nitrogens with zero attached hydrogens (tertiary/aromatic N) is 1. The predicted molar refractivity (Wildman–Crippen MR) is 116 cm³/mol. The number of Topliss-reactive ketones (excluding diaryl/α,β-unsaturated/α-hetero) is 1. The summed E-state index contributed by atoms with van der Waals surface area (Å²) in [5, 5.41) is 0. The number of ketones is 1. The van der Waals surface area contributed by atoms with Crippen LogP contribution in [0, 0.1) is 0 Å². The lowest BCUT2D eigenvalue weighted by atomic mass is 9.88. The second-order valence-corrected chi connectivity index (χ2v) is 8.22. The molecular weight excluding hydrogens is 416 g/mol. The predicted octanol–water partition coefficient (Wildman–Crippen LogP) is 5.51. The molecule has 0 unspecified atom stereocenters. The summed E-state index contributed by atoms with van der Waals surface area (Å²) in [4.78, 5) is 29.0. The Labute approximate surface area is 187 Å². The Balaban J connectivity index is 1.87. The summed E-state index contributed by atoms with van der Waals surface area (Å²) >= 11 is 0. The highest BCUT2D eigenvalue weighted by atomic mass is 19.3. The molecule has 7 heteroatoms. The third-order valence-electron chi connectivity index (χ3n) is 5.64. The van der Waals surface area contributed by atoms with Crippen LogP contribution >= 0.6 is 0 Å². The van der Waals surface area contributed by atoms with Gasteiger partial charge in [0, 0.05) is 36.8 Å². The number of rotatable bonds is 11. The summed E-state index contributed by atoms with van der Waals surface area (Å²) in [6.07, 6.45) is 2.36. The van der Waals surface area contributed by atoms with Crippen molar-refractivity contribution in [3.8, 4) is 5.88 Å². The molecule has 1 fully saturated rings. The average Bonchev–Trinajstić information content (AvgIpc) is 3.61. The number of pyridine rings is 1. The van der Waals surface area contributed by atoms with Gasteiger partial charge in [-0.1, -0.05) is 30.3 Å². The van der Waals surface area contributed by atoms with Crippen molar-refractivity contribution in [1.82, 2.24) is 4.98 Å². The minimum atomic E-state index is -2.95. The van der Waals surface area contributed by atoms with Crippen LogP contribution < -0.4 is 4.74 Å². The van der Waals surface area contributed by atoms with Gasteiger partial charge in [-0.05, 0) is 37.3 Å². The Morgan fingerprint density at radius 2 is 1.81 bits per heavy atom. The molecule has 1 saturated carbocycles. The van der Waals surface area contributed by atoms with Crippen molar-refractivity contribution < 1.29 is 27.8 Å². The lowest BCUT2D eigenvalue weighted by Gasteiger charge is -2.19. The average molecular weight is 446 g/mol. The first-order chi connectivity index (χ1) is 15.2. The normalized spacial score (nSPS) is 14.7. The van der Waals surface area contributed by atoms with E-state index in [-0.39, 0.29) is 37.2 Å². The Morgan fingerprint density at radius 3 is 2.38 bits per heavy atom.